The molecule has 0 spiro atoms. The number of methoxy groups -OCH3 is 1. The Morgan fingerprint density at radius 3 is 1.55 bits per heavy atom. The average Bonchev–Trinajstić information content (AvgIpc) is 3.58. The number of hydrogen-bond acceptors (Lipinski definition) is 7. The molecule has 3 rings (SSSR count). The highest BCUT2D eigenvalue weighted by molar-refractivity contribution is 5.86. The molecule has 2 atom stereocenters. The minimum atomic E-state index is -0.496. The maximum absolute atomic E-state index is 11.6. The SMILES string of the molecule is COC1CCC(CO)O1.NC(=O)CCC(N)=O.O=C(CCC(=O)n1cccc1)n1cccc1. The van der Waals surface area contributed by atoms with E-state index in [2.05, 4.69) is 0 Å². The second-order valence-electron chi connectivity index (χ2n) is 7.08. The number of ether oxygens (including phenoxy) is 2. The van der Waals surface area contributed by atoms with Crippen LogP contribution in [0.3, 0.4) is 0 Å². The van der Waals surface area contributed by atoms with Crippen LogP contribution in [0.5, 0.6) is 0 Å². The van der Waals surface area contributed by atoms with Crippen molar-refractivity contribution in [2.24, 2.45) is 11.5 Å². The van der Waals surface area contributed by atoms with Gasteiger partial charge in [0.05, 0.1) is 12.7 Å². The lowest BCUT2D eigenvalue weighted by Crippen LogP contribution is -2.16. The monoisotopic (exact) mass is 464 g/mol. The molecule has 3 heterocycles. The van der Waals surface area contributed by atoms with Crippen molar-refractivity contribution in [2.45, 2.75) is 50.9 Å². The summed E-state index contributed by atoms with van der Waals surface area (Å²) in [5, 5.41) is 8.60. The summed E-state index contributed by atoms with van der Waals surface area (Å²) in [6.45, 7) is 0.111. The maximum Gasteiger partial charge on any atom is 0.231 e. The van der Waals surface area contributed by atoms with Gasteiger partial charge in [0, 0.05) is 64.0 Å². The number of hydrogen-bond donors (Lipinski definition) is 3. The molecule has 0 saturated carbocycles. The van der Waals surface area contributed by atoms with E-state index < -0.39 is 11.8 Å². The van der Waals surface area contributed by atoms with Crippen LogP contribution in [0.15, 0.2) is 49.1 Å². The van der Waals surface area contributed by atoms with Crippen LogP contribution >= 0.6 is 0 Å². The fourth-order valence-electron chi connectivity index (χ4n) is 2.70. The first-order valence-corrected chi connectivity index (χ1v) is 10.4. The quantitative estimate of drug-likeness (QED) is 0.521. The number of carbonyl (C=O) groups excluding carboxylic acids is 4. The summed E-state index contributed by atoms with van der Waals surface area (Å²) < 4.78 is 13.1. The van der Waals surface area contributed by atoms with Crippen LogP contribution < -0.4 is 11.5 Å². The van der Waals surface area contributed by atoms with Crippen molar-refractivity contribution in [3.8, 4) is 0 Å². The summed E-state index contributed by atoms with van der Waals surface area (Å²) in [7, 11) is 1.62. The third-order valence-corrected chi connectivity index (χ3v) is 4.49. The van der Waals surface area contributed by atoms with Crippen LogP contribution in [-0.4, -0.2) is 64.0 Å². The summed E-state index contributed by atoms with van der Waals surface area (Å²) in [6, 6.07) is 7.13. The van der Waals surface area contributed by atoms with Crippen molar-refractivity contribution in [3.63, 3.8) is 0 Å². The fourth-order valence-corrected chi connectivity index (χ4v) is 2.70. The molecule has 33 heavy (non-hydrogen) atoms. The van der Waals surface area contributed by atoms with Gasteiger partial charge in [0.25, 0.3) is 0 Å². The molecule has 0 aliphatic carbocycles. The smallest absolute Gasteiger partial charge is 0.231 e. The number of carbonyl (C=O) groups is 4. The molecule has 1 aliphatic rings. The zero-order valence-electron chi connectivity index (χ0n) is 18.7. The highest BCUT2D eigenvalue weighted by atomic mass is 16.7. The maximum atomic E-state index is 11.6. The molecule has 11 nitrogen and oxygen atoms in total. The van der Waals surface area contributed by atoms with Crippen LogP contribution in [0.25, 0.3) is 0 Å². The Labute approximate surface area is 192 Å². The highest BCUT2D eigenvalue weighted by Gasteiger charge is 2.23. The molecule has 5 N–H and O–H groups in total. The Kier molecular flexibility index (Phi) is 13.0. The lowest BCUT2D eigenvalue weighted by molar-refractivity contribution is -0.123. The highest BCUT2D eigenvalue weighted by Crippen LogP contribution is 2.18. The van der Waals surface area contributed by atoms with Gasteiger partial charge in [-0.3, -0.25) is 28.3 Å². The molecule has 0 radical (unpaired) electrons. The molecule has 1 fully saturated rings. The predicted molar refractivity (Wildman–Crippen MR) is 119 cm³/mol. The molecule has 2 aromatic heterocycles. The van der Waals surface area contributed by atoms with Gasteiger partial charge >= 0.3 is 0 Å². The van der Waals surface area contributed by atoms with Crippen LogP contribution in [-0.2, 0) is 19.1 Å². The summed E-state index contributed by atoms with van der Waals surface area (Å²) in [4.78, 5) is 43.0. The molecule has 1 aliphatic heterocycles. The normalized spacial score (nSPS) is 16.7. The van der Waals surface area contributed by atoms with E-state index in [-0.39, 0.29) is 56.5 Å². The van der Waals surface area contributed by atoms with Gasteiger partial charge in [0.1, 0.15) is 0 Å². The zero-order chi connectivity index (χ0) is 24.6. The van der Waals surface area contributed by atoms with Gasteiger partial charge in [0.2, 0.25) is 23.6 Å². The number of primary amides is 2. The number of rotatable bonds is 8. The first kappa shape index (κ1) is 27.8. The van der Waals surface area contributed by atoms with Crippen molar-refractivity contribution >= 4 is 23.6 Å². The van der Waals surface area contributed by atoms with Crippen molar-refractivity contribution in [2.75, 3.05) is 13.7 Å². The molecule has 0 bridgehead atoms. The van der Waals surface area contributed by atoms with E-state index in [1.165, 1.54) is 9.13 Å². The molecule has 1 saturated heterocycles. The van der Waals surface area contributed by atoms with Crippen LogP contribution in [0.2, 0.25) is 0 Å². The number of nitrogens with zero attached hydrogens (tertiary/aromatic N) is 2. The number of aliphatic hydroxyl groups is 1. The van der Waals surface area contributed by atoms with E-state index in [0.717, 1.165) is 12.8 Å². The minimum absolute atomic E-state index is 0.00921. The number of nitrogens with two attached hydrogens (primary N) is 2. The first-order chi connectivity index (χ1) is 15.8. The van der Waals surface area contributed by atoms with Crippen LogP contribution in [0, 0.1) is 0 Å². The molecule has 182 valence electrons. The van der Waals surface area contributed by atoms with E-state index >= 15 is 0 Å². The largest absolute Gasteiger partial charge is 0.394 e. The van der Waals surface area contributed by atoms with Crippen molar-refractivity contribution in [1.29, 1.82) is 0 Å². The van der Waals surface area contributed by atoms with Gasteiger partial charge in [-0.05, 0) is 30.7 Å². The predicted octanol–water partition coefficient (Wildman–Crippen LogP) is 0.918. The standard InChI is InChI=1S/C12H12N2O2.C6H12O3.C4H8N2O2/c15-11(13-7-1-2-8-13)5-6-12(16)14-9-3-4-10-14;1-8-6-3-2-5(4-7)9-6;5-3(7)1-2-4(6)8/h1-4,7-10H,5-6H2;5-7H,2-4H2,1H3;1-2H2,(H2,5,7)(H2,6,8). The Bertz CT molecular complexity index is 780. The second-order valence-corrected chi connectivity index (χ2v) is 7.08. The molecule has 2 aromatic rings. The molecule has 0 aromatic carbocycles. The van der Waals surface area contributed by atoms with E-state index in [0.29, 0.717) is 0 Å². The number of aliphatic hydroxyl groups excluding tert-OH is 1. The Morgan fingerprint density at radius 1 is 0.848 bits per heavy atom. The Balaban J connectivity index is 0.000000273. The minimum Gasteiger partial charge on any atom is -0.394 e. The van der Waals surface area contributed by atoms with E-state index in [1.807, 2.05) is 0 Å². The van der Waals surface area contributed by atoms with Gasteiger partial charge in [0.15, 0.2) is 6.29 Å². The van der Waals surface area contributed by atoms with Crippen LogP contribution in [0.1, 0.15) is 48.1 Å². The Morgan fingerprint density at radius 2 is 1.27 bits per heavy atom. The third-order valence-electron chi connectivity index (χ3n) is 4.49. The van der Waals surface area contributed by atoms with E-state index in [4.69, 9.17) is 26.0 Å². The van der Waals surface area contributed by atoms with Crippen molar-refractivity contribution in [3.05, 3.63) is 49.1 Å². The van der Waals surface area contributed by atoms with Gasteiger partial charge in [-0.2, -0.15) is 0 Å². The second kappa shape index (κ2) is 15.5. The first-order valence-electron chi connectivity index (χ1n) is 10.4. The zero-order valence-corrected chi connectivity index (χ0v) is 18.7. The van der Waals surface area contributed by atoms with Gasteiger partial charge in [-0.1, -0.05) is 0 Å². The third kappa shape index (κ3) is 11.8. The topological polar surface area (TPSA) is 169 Å². The summed E-state index contributed by atoms with van der Waals surface area (Å²) in [6.07, 6.45) is 9.03. The van der Waals surface area contributed by atoms with E-state index in [9.17, 15) is 19.2 Å². The molecule has 2 unspecified atom stereocenters. The van der Waals surface area contributed by atoms with Gasteiger partial charge < -0.3 is 26.0 Å². The van der Waals surface area contributed by atoms with Gasteiger partial charge in [-0.25, -0.2) is 0 Å². The number of amides is 2. The molecule has 11 heteroatoms. The summed E-state index contributed by atoms with van der Waals surface area (Å²) in [5.41, 5.74) is 9.39. The van der Waals surface area contributed by atoms with Crippen molar-refractivity contribution < 1.29 is 33.8 Å². The Hall–Kier alpha value is -3.28. The molecular formula is C22H32N4O7. The van der Waals surface area contributed by atoms with Crippen molar-refractivity contribution in [1.82, 2.24) is 9.13 Å². The summed E-state index contributed by atoms with van der Waals surface area (Å²) >= 11 is 0. The number of aromatic nitrogens is 2. The lowest BCUT2D eigenvalue weighted by atomic mass is 10.2. The van der Waals surface area contributed by atoms with E-state index in [1.54, 1.807) is 56.2 Å². The fraction of sp³-hybridized carbons (Fsp3) is 0.455. The molecule has 2 amide bonds. The average molecular weight is 465 g/mol. The lowest BCUT2D eigenvalue weighted by Gasteiger charge is -2.08. The molecular weight excluding hydrogens is 432 g/mol. The summed E-state index contributed by atoms with van der Waals surface area (Å²) in [5.74, 6) is -1.12. The van der Waals surface area contributed by atoms with Crippen LogP contribution in [0.4, 0.5) is 0 Å². The van der Waals surface area contributed by atoms with Gasteiger partial charge in [-0.15, -0.1) is 0 Å².